The minimum Gasteiger partial charge on any atom is -0.383 e. The van der Waals surface area contributed by atoms with Gasteiger partial charge in [-0.05, 0) is 12.5 Å². The van der Waals surface area contributed by atoms with Crippen LogP contribution in [-0.2, 0) is 9.47 Å². The fraction of sp³-hybridized carbons (Fsp3) is 0.750. The number of rotatable bonds is 4. The third-order valence-corrected chi connectivity index (χ3v) is 1.26. The maximum absolute atomic E-state index is 5.04. The van der Waals surface area contributed by atoms with Gasteiger partial charge in [0.15, 0.2) is 6.29 Å². The molecule has 0 bridgehead atoms. The zero-order chi connectivity index (χ0) is 8.85. The molecule has 0 aliphatic carbocycles. The van der Waals surface area contributed by atoms with Crippen molar-refractivity contribution in [2.45, 2.75) is 13.2 Å². The molecular weight excluding hydrogens is 142 g/mol. The summed E-state index contributed by atoms with van der Waals surface area (Å²) in [5, 5.41) is 0. The first-order valence-electron chi connectivity index (χ1n) is 3.52. The molecule has 0 heterocycles. The van der Waals surface area contributed by atoms with E-state index in [1.54, 1.807) is 14.2 Å². The van der Waals surface area contributed by atoms with E-state index in [9.17, 15) is 0 Å². The van der Waals surface area contributed by atoms with Gasteiger partial charge in [0.1, 0.15) is 0 Å². The lowest BCUT2D eigenvalue weighted by Crippen LogP contribution is -2.16. The quantitative estimate of drug-likeness (QED) is 0.573. The topological polar surface area (TPSA) is 21.7 Å². The Labute approximate surface area is 68.6 Å². The summed E-state index contributed by atoms with van der Waals surface area (Å²) in [6.45, 7) is 1.97. The Balaban J connectivity index is 4.07. The average molecular weight is 159 g/mol. The van der Waals surface area contributed by atoms with Crippen molar-refractivity contribution >= 4 is 0 Å². The van der Waals surface area contributed by atoms with E-state index in [0.29, 0.717) is 0 Å². The zero-order valence-electron chi connectivity index (χ0n) is 7.92. The second-order valence-electron chi connectivity index (χ2n) is 2.64. The highest BCUT2D eigenvalue weighted by Crippen LogP contribution is 2.05. The fourth-order valence-corrected chi connectivity index (χ4v) is 0.936. The molecule has 0 aliphatic heterocycles. The van der Waals surface area contributed by atoms with E-state index in [-0.39, 0.29) is 6.29 Å². The Hall–Kier alpha value is -0.540. The van der Waals surface area contributed by atoms with Crippen LogP contribution < -0.4 is 0 Å². The van der Waals surface area contributed by atoms with Gasteiger partial charge in [0.2, 0.25) is 0 Å². The van der Waals surface area contributed by atoms with Crippen molar-refractivity contribution in [1.82, 2.24) is 4.90 Å². The molecule has 0 saturated carbocycles. The third kappa shape index (κ3) is 4.01. The highest BCUT2D eigenvalue weighted by Gasteiger charge is 2.06. The number of hydrogen-bond acceptors (Lipinski definition) is 3. The van der Waals surface area contributed by atoms with Gasteiger partial charge in [-0.3, -0.25) is 0 Å². The minimum atomic E-state index is -0.225. The first-order valence-corrected chi connectivity index (χ1v) is 3.52. The molecule has 0 rings (SSSR count). The van der Waals surface area contributed by atoms with Gasteiger partial charge in [-0.25, -0.2) is 0 Å². The summed E-state index contributed by atoms with van der Waals surface area (Å²) in [5.41, 5.74) is 1.06. The van der Waals surface area contributed by atoms with Crippen LogP contribution in [0.25, 0.3) is 0 Å². The molecule has 0 N–H and O–H groups in total. The number of methoxy groups -OCH3 is 2. The maximum Gasteiger partial charge on any atom is 0.180 e. The summed E-state index contributed by atoms with van der Waals surface area (Å²) < 4.78 is 10.1. The Kier molecular flexibility index (Phi) is 4.90. The Morgan fingerprint density at radius 3 is 2.00 bits per heavy atom. The molecule has 0 atom stereocenters. The Bertz CT molecular complexity index is 128. The van der Waals surface area contributed by atoms with Crippen LogP contribution in [0.15, 0.2) is 11.8 Å². The summed E-state index contributed by atoms with van der Waals surface area (Å²) in [5.74, 6) is 0. The SMILES string of the molecule is COC(OC)/C(C)=C/N(C)C. The van der Waals surface area contributed by atoms with Crippen LogP contribution >= 0.6 is 0 Å². The molecule has 0 aromatic rings. The lowest BCUT2D eigenvalue weighted by molar-refractivity contribution is -0.0753. The van der Waals surface area contributed by atoms with Gasteiger partial charge < -0.3 is 14.4 Å². The van der Waals surface area contributed by atoms with Crippen molar-refractivity contribution in [3.63, 3.8) is 0 Å². The number of hydrogen-bond donors (Lipinski definition) is 0. The first kappa shape index (κ1) is 10.5. The summed E-state index contributed by atoms with van der Waals surface area (Å²) in [6, 6.07) is 0. The van der Waals surface area contributed by atoms with E-state index in [1.807, 2.05) is 32.1 Å². The van der Waals surface area contributed by atoms with Crippen LogP contribution in [-0.4, -0.2) is 39.5 Å². The molecule has 0 fully saturated rings. The van der Waals surface area contributed by atoms with E-state index in [1.165, 1.54) is 0 Å². The molecule has 0 aliphatic rings. The van der Waals surface area contributed by atoms with Gasteiger partial charge in [-0.2, -0.15) is 0 Å². The van der Waals surface area contributed by atoms with Gasteiger partial charge in [0.25, 0.3) is 0 Å². The third-order valence-electron chi connectivity index (χ3n) is 1.26. The van der Waals surface area contributed by atoms with Gasteiger partial charge in [-0.15, -0.1) is 0 Å². The molecule has 11 heavy (non-hydrogen) atoms. The molecule has 0 aromatic heterocycles. The number of nitrogens with zero attached hydrogens (tertiary/aromatic N) is 1. The predicted octanol–water partition coefficient (Wildman–Crippen LogP) is 1.07. The highest BCUT2D eigenvalue weighted by molar-refractivity contribution is 5.00. The standard InChI is InChI=1S/C8H17NO2/c1-7(6-9(2)3)8(10-4)11-5/h6,8H,1-5H3/b7-6+. The monoisotopic (exact) mass is 159 g/mol. The molecule has 0 unspecified atom stereocenters. The van der Waals surface area contributed by atoms with E-state index in [4.69, 9.17) is 9.47 Å². The first-order chi connectivity index (χ1) is 5.11. The van der Waals surface area contributed by atoms with Gasteiger partial charge in [-0.1, -0.05) is 0 Å². The van der Waals surface area contributed by atoms with Crippen molar-refractivity contribution < 1.29 is 9.47 Å². The second kappa shape index (κ2) is 5.16. The summed E-state index contributed by atoms with van der Waals surface area (Å²) in [7, 11) is 7.18. The number of ether oxygens (including phenoxy) is 2. The van der Waals surface area contributed by atoms with Crippen LogP contribution in [0.2, 0.25) is 0 Å². The van der Waals surface area contributed by atoms with Crippen molar-refractivity contribution in [2.75, 3.05) is 28.3 Å². The minimum absolute atomic E-state index is 0.225. The van der Waals surface area contributed by atoms with Crippen LogP contribution in [0, 0.1) is 0 Å². The molecule has 0 spiro atoms. The van der Waals surface area contributed by atoms with E-state index >= 15 is 0 Å². The highest BCUT2D eigenvalue weighted by atomic mass is 16.7. The zero-order valence-corrected chi connectivity index (χ0v) is 7.92. The summed E-state index contributed by atoms with van der Waals surface area (Å²) in [6.07, 6.45) is 1.75. The average Bonchev–Trinajstić information content (AvgIpc) is 1.88. The summed E-state index contributed by atoms with van der Waals surface area (Å²) in [4.78, 5) is 1.96. The maximum atomic E-state index is 5.04. The Morgan fingerprint density at radius 2 is 1.73 bits per heavy atom. The van der Waals surface area contributed by atoms with Crippen molar-refractivity contribution in [3.8, 4) is 0 Å². The van der Waals surface area contributed by atoms with Crippen molar-refractivity contribution in [3.05, 3.63) is 11.8 Å². The summed E-state index contributed by atoms with van der Waals surface area (Å²) >= 11 is 0. The predicted molar refractivity (Wildman–Crippen MR) is 45.3 cm³/mol. The molecular formula is C8H17NO2. The molecule has 0 aromatic carbocycles. The Morgan fingerprint density at radius 1 is 1.27 bits per heavy atom. The van der Waals surface area contributed by atoms with E-state index < -0.39 is 0 Å². The van der Waals surface area contributed by atoms with E-state index in [0.717, 1.165) is 5.57 Å². The molecule has 3 nitrogen and oxygen atoms in total. The largest absolute Gasteiger partial charge is 0.383 e. The van der Waals surface area contributed by atoms with Crippen LogP contribution in [0.3, 0.4) is 0 Å². The van der Waals surface area contributed by atoms with Crippen molar-refractivity contribution in [1.29, 1.82) is 0 Å². The smallest absolute Gasteiger partial charge is 0.180 e. The van der Waals surface area contributed by atoms with Gasteiger partial charge >= 0.3 is 0 Å². The fourth-order valence-electron chi connectivity index (χ4n) is 0.936. The van der Waals surface area contributed by atoms with Crippen molar-refractivity contribution in [2.24, 2.45) is 0 Å². The van der Waals surface area contributed by atoms with E-state index in [2.05, 4.69) is 0 Å². The van der Waals surface area contributed by atoms with Crippen LogP contribution in [0.5, 0.6) is 0 Å². The lowest BCUT2D eigenvalue weighted by Gasteiger charge is -2.16. The molecule has 0 amide bonds. The second-order valence-corrected chi connectivity index (χ2v) is 2.64. The molecule has 0 saturated heterocycles. The normalized spacial score (nSPS) is 12.4. The van der Waals surface area contributed by atoms with Crippen LogP contribution in [0.4, 0.5) is 0 Å². The van der Waals surface area contributed by atoms with Gasteiger partial charge in [0, 0.05) is 34.5 Å². The molecule has 0 radical (unpaired) electrons. The van der Waals surface area contributed by atoms with Gasteiger partial charge in [0.05, 0.1) is 0 Å². The molecule has 66 valence electrons. The molecule has 3 heteroatoms. The lowest BCUT2D eigenvalue weighted by atomic mass is 10.3. The van der Waals surface area contributed by atoms with Crippen LogP contribution in [0.1, 0.15) is 6.92 Å².